The highest BCUT2D eigenvalue weighted by molar-refractivity contribution is 5.75. The lowest BCUT2D eigenvalue weighted by Gasteiger charge is -2.25. The molecule has 0 amide bonds. The van der Waals surface area contributed by atoms with Crippen molar-refractivity contribution >= 4 is 11.9 Å². The van der Waals surface area contributed by atoms with Crippen LogP contribution in [0, 0.1) is 16.5 Å². The fourth-order valence-corrected chi connectivity index (χ4v) is 1.61. The number of hydrogen-bond acceptors (Lipinski definition) is 6. The zero-order chi connectivity index (χ0) is 18.4. The number of esters is 1. The fourth-order valence-electron chi connectivity index (χ4n) is 1.61. The Labute approximate surface area is 136 Å². The molecule has 0 bridgehead atoms. The van der Waals surface area contributed by atoms with E-state index in [9.17, 15) is 19.9 Å². The minimum atomic E-state index is -1.13. The van der Waals surface area contributed by atoms with Gasteiger partial charge in [0.05, 0.1) is 17.4 Å². The van der Waals surface area contributed by atoms with Gasteiger partial charge in [0.15, 0.2) is 6.04 Å². The molecule has 3 atom stereocenters. The number of hydrogen-bond donors (Lipinski definition) is 1. The predicted octanol–water partition coefficient (Wildman–Crippen LogP) is 2.16. The summed E-state index contributed by atoms with van der Waals surface area (Å²) in [6.07, 6.45) is -0.492. The molecule has 0 aliphatic rings. The molecule has 0 aromatic rings. The van der Waals surface area contributed by atoms with Gasteiger partial charge in [-0.05, 0) is 26.7 Å². The van der Waals surface area contributed by atoms with Crippen LogP contribution in [-0.2, 0) is 19.2 Å². The lowest BCUT2D eigenvalue weighted by molar-refractivity contribution is -0.713. The summed E-state index contributed by atoms with van der Waals surface area (Å²) in [4.78, 5) is 27.8. The summed E-state index contributed by atoms with van der Waals surface area (Å²) in [6, 6.07) is -1.04. The van der Waals surface area contributed by atoms with Gasteiger partial charge in [-0.3, -0.25) is 9.63 Å². The highest BCUT2D eigenvalue weighted by atomic mass is 16.8. The number of rotatable bonds is 8. The molecule has 9 nitrogen and oxygen atoms in total. The second-order valence-corrected chi connectivity index (χ2v) is 6.41. The summed E-state index contributed by atoms with van der Waals surface area (Å²) in [5.41, 5.74) is -0.712. The summed E-state index contributed by atoms with van der Waals surface area (Å²) in [5.74, 6) is -1.90. The second kappa shape index (κ2) is 8.54. The van der Waals surface area contributed by atoms with Crippen LogP contribution in [0.25, 0.3) is 0 Å². The van der Waals surface area contributed by atoms with Crippen molar-refractivity contribution in [3.05, 3.63) is 5.21 Å². The number of carbonyl (C=O) groups excluding carboxylic acids is 1. The standard InChI is InChI=1S/C14H27N3O6/c1-8-9(2)11(12(18)19)16(7)17(21)15-23-10(3)22-13(20)14(4,5)6/h9-11H,8H2,1-7H3,(H,18,19)/b17-15-/t9-,10?,11+/m1/s1. The lowest BCUT2D eigenvalue weighted by Crippen LogP contribution is -2.46. The molecule has 1 N–H and O–H groups in total. The zero-order valence-corrected chi connectivity index (χ0v) is 14.8. The fraction of sp³-hybridized carbons (Fsp3) is 0.857. The predicted molar refractivity (Wildman–Crippen MR) is 80.8 cm³/mol. The summed E-state index contributed by atoms with van der Waals surface area (Å²) in [5, 5.41) is 25.2. The Kier molecular flexibility index (Phi) is 7.78. The Morgan fingerprint density at radius 1 is 1.35 bits per heavy atom. The Morgan fingerprint density at radius 3 is 2.26 bits per heavy atom. The SMILES string of the molecule is CC[C@@H](C)[C@@H](C(=O)O)N(C)/[N+]([O-])=N/OC(C)OC(=O)C(C)(C)C. The molecule has 0 aliphatic carbocycles. The molecule has 23 heavy (non-hydrogen) atoms. The van der Waals surface area contributed by atoms with Crippen molar-refractivity contribution < 1.29 is 29.2 Å². The lowest BCUT2D eigenvalue weighted by atomic mass is 9.97. The Bertz CT molecular complexity index is 446. The van der Waals surface area contributed by atoms with Gasteiger partial charge in [0, 0.05) is 6.92 Å². The Morgan fingerprint density at radius 2 is 1.87 bits per heavy atom. The van der Waals surface area contributed by atoms with E-state index >= 15 is 0 Å². The zero-order valence-electron chi connectivity index (χ0n) is 14.8. The van der Waals surface area contributed by atoms with Gasteiger partial charge in [0.25, 0.3) is 6.29 Å². The number of carboxylic acid groups (broad SMARTS) is 1. The molecule has 0 saturated carbocycles. The first kappa shape index (κ1) is 20.9. The first-order valence-corrected chi connectivity index (χ1v) is 7.42. The van der Waals surface area contributed by atoms with Crippen LogP contribution in [0.1, 0.15) is 48.0 Å². The van der Waals surface area contributed by atoms with Gasteiger partial charge in [-0.2, -0.15) is 0 Å². The average molecular weight is 333 g/mol. The van der Waals surface area contributed by atoms with Crippen molar-refractivity contribution in [1.29, 1.82) is 0 Å². The summed E-state index contributed by atoms with van der Waals surface area (Å²) < 4.78 is 4.97. The molecular weight excluding hydrogens is 306 g/mol. The van der Waals surface area contributed by atoms with Crippen LogP contribution in [0.4, 0.5) is 0 Å². The van der Waals surface area contributed by atoms with Gasteiger partial charge in [0.2, 0.25) is 5.28 Å². The molecular formula is C14H27N3O6. The van der Waals surface area contributed by atoms with E-state index in [-0.39, 0.29) is 10.9 Å². The third-order valence-electron chi connectivity index (χ3n) is 3.26. The second-order valence-electron chi connectivity index (χ2n) is 6.41. The topological polar surface area (TPSA) is 114 Å². The maximum absolute atomic E-state index is 11.8. The number of nitrogens with zero attached hydrogens (tertiary/aromatic N) is 3. The first-order valence-electron chi connectivity index (χ1n) is 7.42. The van der Waals surface area contributed by atoms with Crippen molar-refractivity contribution in [2.24, 2.45) is 16.6 Å². The van der Waals surface area contributed by atoms with E-state index in [4.69, 9.17) is 9.57 Å². The van der Waals surface area contributed by atoms with Crippen molar-refractivity contribution in [2.75, 3.05) is 7.05 Å². The van der Waals surface area contributed by atoms with E-state index < -0.39 is 29.7 Å². The monoisotopic (exact) mass is 333 g/mol. The number of carbonyl (C=O) groups is 2. The number of likely N-dealkylation sites (N-methyl/N-ethyl adjacent to an activating group) is 1. The van der Waals surface area contributed by atoms with Crippen LogP contribution in [0.15, 0.2) is 5.28 Å². The molecule has 0 aromatic carbocycles. The van der Waals surface area contributed by atoms with Gasteiger partial charge in [-0.15, -0.1) is 5.01 Å². The molecule has 0 aliphatic heterocycles. The van der Waals surface area contributed by atoms with Crippen LogP contribution in [-0.4, -0.2) is 46.4 Å². The third-order valence-corrected chi connectivity index (χ3v) is 3.26. The number of hydrazine groups is 1. The van der Waals surface area contributed by atoms with Crippen LogP contribution in [0.2, 0.25) is 0 Å². The van der Waals surface area contributed by atoms with E-state index in [1.165, 1.54) is 14.0 Å². The van der Waals surface area contributed by atoms with E-state index in [1.807, 2.05) is 6.92 Å². The van der Waals surface area contributed by atoms with Crippen molar-refractivity contribution in [3.8, 4) is 0 Å². The van der Waals surface area contributed by atoms with Gasteiger partial charge >= 0.3 is 11.9 Å². The first-order chi connectivity index (χ1) is 10.4. The van der Waals surface area contributed by atoms with Crippen molar-refractivity contribution in [2.45, 2.75) is 60.3 Å². The molecule has 9 heteroatoms. The smallest absolute Gasteiger partial charge is 0.332 e. The summed E-state index contributed by atoms with van der Waals surface area (Å²) >= 11 is 0. The minimum Gasteiger partial charge on any atom is -0.569 e. The Hall–Kier alpha value is -2.06. The van der Waals surface area contributed by atoms with Crippen molar-refractivity contribution in [3.63, 3.8) is 0 Å². The molecule has 1 unspecified atom stereocenters. The van der Waals surface area contributed by atoms with Crippen LogP contribution < -0.4 is 0 Å². The van der Waals surface area contributed by atoms with Crippen molar-refractivity contribution in [1.82, 2.24) is 5.01 Å². The van der Waals surface area contributed by atoms with Crippen LogP contribution in [0.3, 0.4) is 0 Å². The maximum atomic E-state index is 11.8. The largest absolute Gasteiger partial charge is 0.569 e. The van der Waals surface area contributed by atoms with Gasteiger partial charge in [-0.1, -0.05) is 20.3 Å². The highest BCUT2D eigenvalue weighted by Gasteiger charge is 2.33. The van der Waals surface area contributed by atoms with E-state index in [1.54, 1.807) is 27.7 Å². The number of carboxylic acids is 1. The van der Waals surface area contributed by atoms with E-state index in [0.29, 0.717) is 6.42 Å². The molecule has 0 saturated heterocycles. The average Bonchev–Trinajstić information content (AvgIpc) is 2.42. The minimum absolute atomic E-state index is 0.0341. The van der Waals surface area contributed by atoms with Gasteiger partial charge in [-0.25, -0.2) is 4.79 Å². The summed E-state index contributed by atoms with van der Waals surface area (Å²) in [7, 11) is 1.30. The third kappa shape index (κ3) is 6.70. The van der Waals surface area contributed by atoms with E-state index in [0.717, 1.165) is 5.01 Å². The maximum Gasteiger partial charge on any atom is 0.332 e. The summed E-state index contributed by atoms with van der Waals surface area (Å²) in [6.45, 7) is 9.98. The van der Waals surface area contributed by atoms with Crippen LogP contribution >= 0.6 is 0 Å². The van der Waals surface area contributed by atoms with Crippen LogP contribution in [0.5, 0.6) is 0 Å². The number of aliphatic carboxylic acids is 1. The molecule has 0 heterocycles. The molecule has 0 radical (unpaired) electrons. The van der Waals surface area contributed by atoms with Gasteiger partial charge < -0.3 is 15.1 Å². The van der Waals surface area contributed by atoms with E-state index in [2.05, 4.69) is 5.28 Å². The number of ether oxygens (including phenoxy) is 1. The molecule has 0 rings (SSSR count). The quantitative estimate of drug-likeness (QED) is 0.238. The normalized spacial score (nSPS) is 16.2. The van der Waals surface area contributed by atoms with Gasteiger partial charge in [0.1, 0.15) is 0 Å². The molecule has 0 fully saturated rings. The highest BCUT2D eigenvalue weighted by Crippen LogP contribution is 2.17. The Balaban J connectivity index is 4.81. The molecule has 0 spiro atoms. The molecule has 134 valence electrons. The molecule has 0 aromatic heterocycles.